The third kappa shape index (κ3) is 3.37. The molecule has 0 aliphatic heterocycles. The lowest BCUT2D eigenvalue weighted by Gasteiger charge is -2.04. The fourth-order valence-electron chi connectivity index (χ4n) is 0.680. The maximum Gasteiger partial charge on any atom is 0.335 e. The number of carboxylic acid groups (broad SMARTS) is 1. The van der Waals surface area contributed by atoms with Gasteiger partial charge in [-0.2, -0.15) is 0 Å². The fraction of sp³-hybridized carbons (Fsp3) is 0.500. The minimum atomic E-state index is -0.863. The lowest BCUT2D eigenvalue weighted by Crippen LogP contribution is -1.99. The first-order valence-electron chi connectivity index (χ1n) is 4.06. The molecule has 0 rings (SSSR count). The molecule has 0 aromatic carbocycles. The number of carboxylic acids is 1. The SMILES string of the molecule is CC=C(C=C(C)C(C)C)C(=O)O. The molecule has 0 atom stereocenters. The van der Waals surface area contributed by atoms with Crippen molar-refractivity contribution >= 4 is 5.97 Å². The second-order valence-electron chi connectivity index (χ2n) is 3.09. The molecule has 0 radical (unpaired) electrons. The molecule has 0 aliphatic carbocycles. The summed E-state index contributed by atoms with van der Waals surface area (Å²) in [5, 5.41) is 8.69. The third-order valence-electron chi connectivity index (χ3n) is 1.85. The minimum absolute atomic E-state index is 0.362. The van der Waals surface area contributed by atoms with E-state index in [1.807, 2.05) is 20.8 Å². The highest BCUT2D eigenvalue weighted by Crippen LogP contribution is 2.11. The molecule has 0 aromatic heterocycles. The van der Waals surface area contributed by atoms with Crippen molar-refractivity contribution < 1.29 is 9.90 Å². The highest BCUT2D eigenvalue weighted by molar-refractivity contribution is 5.89. The summed E-state index contributed by atoms with van der Waals surface area (Å²) in [6.45, 7) is 7.76. The van der Waals surface area contributed by atoms with Crippen LogP contribution in [0.5, 0.6) is 0 Å². The van der Waals surface area contributed by atoms with E-state index in [2.05, 4.69) is 0 Å². The van der Waals surface area contributed by atoms with Crippen LogP contribution in [0.2, 0.25) is 0 Å². The summed E-state index contributed by atoms with van der Waals surface area (Å²) in [6.07, 6.45) is 3.32. The number of allylic oxidation sites excluding steroid dienone is 2. The Morgan fingerprint density at radius 1 is 1.42 bits per heavy atom. The molecule has 0 unspecified atom stereocenters. The Morgan fingerprint density at radius 2 is 1.92 bits per heavy atom. The summed E-state index contributed by atoms with van der Waals surface area (Å²) in [4.78, 5) is 10.6. The van der Waals surface area contributed by atoms with E-state index in [0.717, 1.165) is 5.57 Å². The van der Waals surface area contributed by atoms with E-state index in [4.69, 9.17) is 5.11 Å². The van der Waals surface area contributed by atoms with Crippen molar-refractivity contribution in [3.8, 4) is 0 Å². The molecule has 0 bridgehead atoms. The summed E-state index contributed by atoms with van der Waals surface area (Å²) in [5.74, 6) is -0.461. The van der Waals surface area contributed by atoms with Gasteiger partial charge < -0.3 is 5.11 Å². The molecule has 2 heteroatoms. The summed E-state index contributed by atoms with van der Waals surface area (Å²) >= 11 is 0. The third-order valence-corrected chi connectivity index (χ3v) is 1.85. The van der Waals surface area contributed by atoms with Crippen LogP contribution < -0.4 is 0 Å². The van der Waals surface area contributed by atoms with E-state index >= 15 is 0 Å². The van der Waals surface area contributed by atoms with Gasteiger partial charge in [0, 0.05) is 0 Å². The van der Waals surface area contributed by atoms with Crippen LogP contribution in [0.3, 0.4) is 0 Å². The summed E-state index contributed by atoms with van der Waals surface area (Å²) < 4.78 is 0. The van der Waals surface area contributed by atoms with E-state index < -0.39 is 5.97 Å². The second-order valence-corrected chi connectivity index (χ2v) is 3.09. The Morgan fingerprint density at radius 3 is 2.17 bits per heavy atom. The van der Waals surface area contributed by atoms with E-state index in [-0.39, 0.29) is 0 Å². The van der Waals surface area contributed by atoms with Crippen LogP contribution in [0.4, 0.5) is 0 Å². The van der Waals surface area contributed by atoms with Crippen LogP contribution in [-0.2, 0) is 4.79 Å². The average Bonchev–Trinajstić information content (AvgIpc) is 1.98. The standard InChI is InChI=1S/C10H16O2/c1-5-9(10(11)12)6-8(4)7(2)3/h5-7H,1-4H3,(H,11,12). The molecule has 0 amide bonds. The summed E-state index contributed by atoms with van der Waals surface area (Å²) in [5.41, 5.74) is 1.45. The quantitative estimate of drug-likeness (QED) is 0.519. The van der Waals surface area contributed by atoms with E-state index in [9.17, 15) is 4.79 Å². The molecule has 2 nitrogen and oxygen atoms in total. The molecule has 1 N–H and O–H groups in total. The summed E-state index contributed by atoms with van der Waals surface area (Å²) in [6, 6.07) is 0. The van der Waals surface area contributed by atoms with Crippen molar-refractivity contribution in [3.63, 3.8) is 0 Å². The van der Waals surface area contributed by atoms with Crippen molar-refractivity contribution in [2.24, 2.45) is 5.92 Å². The van der Waals surface area contributed by atoms with Gasteiger partial charge in [-0.15, -0.1) is 0 Å². The molecular formula is C10H16O2. The van der Waals surface area contributed by atoms with E-state index in [1.54, 1.807) is 19.1 Å². The largest absolute Gasteiger partial charge is 0.478 e. The van der Waals surface area contributed by atoms with Gasteiger partial charge in [-0.25, -0.2) is 4.79 Å². The number of hydrogen-bond acceptors (Lipinski definition) is 1. The molecule has 0 saturated carbocycles. The first kappa shape index (κ1) is 11.0. The normalized spacial score (nSPS) is 13.8. The predicted molar refractivity (Wildman–Crippen MR) is 50.0 cm³/mol. The second kappa shape index (κ2) is 4.75. The van der Waals surface area contributed by atoms with Gasteiger partial charge in [-0.3, -0.25) is 0 Å². The van der Waals surface area contributed by atoms with Crippen LogP contribution in [0.25, 0.3) is 0 Å². The average molecular weight is 168 g/mol. The van der Waals surface area contributed by atoms with Crippen molar-refractivity contribution in [2.45, 2.75) is 27.7 Å². The van der Waals surface area contributed by atoms with Gasteiger partial charge in [0.15, 0.2) is 0 Å². The van der Waals surface area contributed by atoms with Gasteiger partial charge in [-0.05, 0) is 25.8 Å². The molecule has 0 saturated heterocycles. The highest BCUT2D eigenvalue weighted by Gasteiger charge is 2.03. The Kier molecular flexibility index (Phi) is 4.34. The van der Waals surface area contributed by atoms with Gasteiger partial charge in [-0.1, -0.05) is 25.5 Å². The zero-order valence-corrected chi connectivity index (χ0v) is 8.09. The predicted octanol–water partition coefficient (Wildman–Crippen LogP) is 2.62. The first-order valence-corrected chi connectivity index (χ1v) is 4.06. The first-order chi connectivity index (χ1) is 5.49. The summed E-state index contributed by atoms with van der Waals surface area (Å²) in [7, 11) is 0. The van der Waals surface area contributed by atoms with Crippen molar-refractivity contribution in [1.82, 2.24) is 0 Å². The van der Waals surface area contributed by atoms with Crippen molar-refractivity contribution in [1.29, 1.82) is 0 Å². The zero-order valence-electron chi connectivity index (χ0n) is 8.09. The fourth-order valence-corrected chi connectivity index (χ4v) is 0.680. The molecule has 0 aliphatic rings. The maximum absolute atomic E-state index is 10.6. The van der Waals surface area contributed by atoms with Crippen LogP contribution in [0, 0.1) is 5.92 Å². The smallest absolute Gasteiger partial charge is 0.335 e. The Labute approximate surface area is 73.6 Å². The molecule has 12 heavy (non-hydrogen) atoms. The van der Waals surface area contributed by atoms with Gasteiger partial charge in [0.25, 0.3) is 0 Å². The zero-order chi connectivity index (χ0) is 9.72. The highest BCUT2D eigenvalue weighted by atomic mass is 16.4. The lowest BCUT2D eigenvalue weighted by molar-refractivity contribution is -0.132. The van der Waals surface area contributed by atoms with Gasteiger partial charge in [0.05, 0.1) is 5.57 Å². The van der Waals surface area contributed by atoms with Crippen molar-refractivity contribution in [3.05, 3.63) is 23.3 Å². The van der Waals surface area contributed by atoms with Crippen LogP contribution >= 0.6 is 0 Å². The number of carbonyl (C=O) groups is 1. The molecule has 68 valence electrons. The van der Waals surface area contributed by atoms with Crippen LogP contribution in [-0.4, -0.2) is 11.1 Å². The minimum Gasteiger partial charge on any atom is -0.478 e. The van der Waals surface area contributed by atoms with Gasteiger partial charge >= 0.3 is 5.97 Å². The van der Waals surface area contributed by atoms with E-state index in [1.165, 1.54) is 0 Å². The molecular weight excluding hydrogens is 152 g/mol. The lowest BCUT2D eigenvalue weighted by atomic mass is 10.0. The molecule has 0 heterocycles. The van der Waals surface area contributed by atoms with Crippen LogP contribution in [0.1, 0.15) is 27.7 Å². The Hall–Kier alpha value is -1.05. The Bertz CT molecular complexity index is 222. The van der Waals surface area contributed by atoms with E-state index in [0.29, 0.717) is 11.5 Å². The maximum atomic E-state index is 10.6. The Balaban J connectivity index is 4.60. The topological polar surface area (TPSA) is 37.3 Å². The monoisotopic (exact) mass is 168 g/mol. The van der Waals surface area contributed by atoms with Crippen LogP contribution in [0.15, 0.2) is 23.3 Å². The molecule has 0 fully saturated rings. The molecule has 0 spiro atoms. The number of aliphatic carboxylic acids is 1. The number of hydrogen-bond donors (Lipinski definition) is 1. The van der Waals surface area contributed by atoms with Crippen molar-refractivity contribution in [2.75, 3.05) is 0 Å². The van der Waals surface area contributed by atoms with Gasteiger partial charge in [0.1, 0.15) is 0 Å². The number of rotatable bonds is 3. The molecule has 0 aromatic rings. The van der Waals surface area contributed by atoms with Gasteiger partial charge in [0.2, 0.25) is 0 Å².